The normalized spacial score (nSPS) is 25.6. The number of hydrogen-bond donors (Lipinski definition) is 1. The average Bonchev–Trinajstić information content (AvgIpc) is 2.94. The van der Waals surface area contributed by atoms with Gasteiger partial charge in [0.1, 0.15) is 0 Å². The lowest BCUT2D eigenvalue weighted by molar-refractivity contribution is 0.311. The molecule has 1 N–H and O–H groups in total. The minimum Gasteiger partial charge on any atom is -0.311 e. The Morgan fingerprint density at radius 1 is 1.41 bits per heavy atom. The molecule has 2 fully saturated rings. The number of likely N-dealkylation sites (tertiary alicyclic amines) is 1. The molecule has 1 aliphatic carbocycles. The summed E-state index contributed by atoms with van der Waals surface area (Å²) in [6, 6.07) is 0.932. The van der Waals surface area contributed by atoms with Gasteiger partial charge in [-0.05, 0) is 38.3 Å². The molecule has 5 nitrogen and oxygen atoms in total. The summed E-state index contributed by atoms with van der Waals surface area (Å²) in [5.74, 6) is 0.830. The summed E-state index contributed by atoms with van der Waals surface area (Å²) in [5.41, 5.74) is 1.15. The molecule has 2 aliphatic rings. The molecule has 0 radical (unpaired) electrons. The van der Waals surface area contributed by atoms with Gasteiger partial charge in [-0.15, -0.1) is 5.10 Å². The van der Waals surface area contributed by atoms with Crippen molar-refractivity contribution >= 4 is 0 Å². The summed E-state index contributed by atoms with van der Waals surface area (Å²) in [6.07, 6.45) is 6.05. The standard InChI is InChI=1S/C12H21N5/c1-16-12(8-14-15-16)7-13-6-10-4-5-17(9-10)11-2-3-11/h8,10-11,13H,2-7,9H2,1H3. The van der Waals surface area contributed by atoms with Gasteiger partial charge in [0.15, 0.2) is 0 Å². The highest BCUT2D eigenvalue weighted by molar-refractivity contribution is 4.93. The third kappa shape index (κ3) is 2.66. The molecule has 0 aromatic carbocycles. The van der Waals surface area contributed by atoms with E-state index >= 15 is 0 Å². The summed E-state index contributed by atoms with van der Waals surface area (Å²) in [5, 5.41) is 11.3. The molecule has 1 atom stereocenters. The minimum atomic E-state index is 0.830. The van der Waals surface area contributed by atoms with E-state index in [1.807, 2.05) is 17.9 Å². The van der Waals surface area contributed by atoms with Crippen LogP contribution in [0.1, 0.15) is 25.0 Å². The maximum Gasteiger partial charge on any atom is 0.0738 e. The number of aryl methyl sites for hydroxylation is 1. The van der Waals surface area contributed by atoms with Crippen LogP contribution < -0.4 is 5.32 Å². The van der Waals surface area contributed by atoms with Crippen molar-refractivity contribution < 1.29 is 0 Å². The Hall–Kier alpha value is -0.940. The lowest BCUT2D eigenvalue weighted by Gasteiger charge is -2.15. The molecule has 2 heterocycles. The van der Waals surface area contributed by atoms with Crippen molar-refractivity contribution in [3.05, 3.63) is 11.9 Å². The van der Waals surface area contributed by atoms with Crippen LogP contribution in [0.2, 0.25) is 0 Å². The van der Waals surface area contributed by atoms with E-state index in [4.69, 9.17) is 0 Å². The lowest BCUT2D eigenvalue weighted by atomic mass is 10.1. The van der Waals surface area contributed by atoms with Crippen molar-refractivity contribution in [3.63, 3.8) is 0 Å². The fraction of sp³-hybridized carbons (Fsp3) is 0.833. The van der Waals surface area contributed by atoms with Gasteiger partial charge in [0, 0.05) is 26.2 Å². The zero-order valence-electron chi connectivity index (χ0n) is 10.5. The molecule has 0 amide bonds. The summed E-state index contributed by atoms with van der Waals surface area (Å²) in [7, 11) is 1.94. The number of hydrogen-bond acceptors (Lipinski definition) is 4. The Morgan fingerprint density at radius 3 is 3.00 bits per heavy atom. The van der Waals surface area contributed by atoms with Crippen molar-refractivity contribution in [2.24, 2.45) is 13.0 Å². The summed E-state index contributed by atoms with van der Waals surface area (Å²) >= 11 is 0. The van der Waals surface area contributed by atoms with Crippen molar-refractivity contribution in [1.82, 2.24) is 25.2 Å². The molecule has 3 rings (SSSR count). The van der Waals surface area contributed by atoms with E-state index in [9.17, 15) is 0 Å². The third-order valence-corrected chi connectivity index (χ3v) is 3.93. The molecule has 1 aromatic heterocycles. The van der Waals surface area contributed by atoms with E-state index in [1.54, 1.807) is 0 Å². The quantitative estimate of drug-likeness (QED) is 0.802. The zero-order chi connectivity index (χ0) is 11.7. The van der Waals surface area contributed by atoms with Crippen LogP contribution in [0.15, 0.2) is 6.20 Å². The van der Waals surface area contributed by atoms with Gasteiger partial charge in [0.2, 0.25) is 0 Å². The van der Waals surface area contributed by atoms with Gasteiger partial charge in [0.05, 0.1) is 11.9 Å². The fourth-order valence-electron chi connectivity index (χ4n) is 2.68. The second kappa shape index (κ2) is 4.74. The summed E-state index contributed by atoms with van der Waals surface area (Å²) in [6.45, 7) is 4.60. The molecule has 0 spiro atoms. The van der Waals surface area contributed by atoms with Gasteiger partial charge in [-0.2, -0.15) is 0 Å². The molecule has 1 saturated heterocycles. The first-order chi connectivity index (χ1) is 8.33. The van der Waals surface area contributed by atoms with E-state index in [1.165, 1.54) is 32.4 Å². The highest BCUT2D eigenvalue weighted by Crippen LogP contribution is 2.31. The number of rotatable bonds is 5. The number of nitrogens with zero attached hydrogens (tertiary/aromatic N) is 4. The Bertz CT molecular complexity index is 371. The maximum absolute atomic E-state index is 3.93. The SMILES string of the molecule is Cn1nncc1CNCC1CCN(C2CC2)C1. The van der Waals surface area contributed by atoms with Gasteiger partial charge in [0.25, 0.3) is 0 Å². The first kappa shape index (κ1) is 11.2. The van der Waals surface area contributed by atoms with Gasteiger partial charge in [-0.1, -0.05) is 5.21 Å². The topological polar surface area (TPSA) is 46.0 Å². The summed E-state index contributed by atoms with van der Waals surface area (Å²) in [4.78, 5) is 2.66. The van der Waals surface area contributed by atoms with Crippen LogP contribution in [0.25, 0.3) is 0 Å². The molecule has 0 bridgehead atoms. The van der Waals surface area contributed by atoms with E-state index in [2.05, 4.69) is 20.5 Å². The maximum atomic E-state index is 3.93. The molecular weight excluding hydrogens is 214 g/mol. The van der Waals surface area contributed by atoms with E-state index in [0.717, 1.165) is 30.7 Å². The van der Waals surface area contributed by atoms with E-state index in [-0.39, 0.29) is 0 Å². The van der Waals surface area contributed by atoms with Gasteiger partial charge >= 0.3 is 0 Å². The van der Waals surface area contributed by atoms with Gasteiger partial charge < -0.3 is 10.2 Å². The number of nitrogens with one attached hydrogen (secondary N) is 1. The first-order valence-corrected chi connectivity index (χ1v) is 6.61. The van der Waals surface area contributed by atoms with Crippen LogP contribution in [0, 0.1) is 5.92 Å². The fourth-order valence-corrected chi connectivity index (χ4v) is 2.68. The van der Waals surface area contributed by atoms with Crippen molar-refractivity contribution in [2.45, 2.75) is 31.8 Å². The van der Waals surface area contributed by atoms with Gasteiger partial charge in [-0.25, -0.2) is 0 Å². The Morgan fingerprint density at radius 2 is 2.29 bits per heavy atom. The molecule has 1 unspecified atom stereocenters. The minimum absolute atomic E-state index is 0.830. The molecule has 1 aromatic rings. The zero-order valence-corrected chi connectivity index (χ0v) is 10.5. The highest BCUT2D eigenvalue weighted by atomic mass is 15.4. The van der Waals surface area contributed by atoms with E-state index in [0.29, 0.717) is 0 Å². The Labute approximate surface area is 102 Å². The predicted octanol–water partition coefficient (Wildman–Crippen LogP) is 0.389. The molecule has 1 saturated carbocycles. The summed E-state index contributed by atoms with van der Waals surface area (Å²) < 4.78 is 1.83. The van der Waals surface area contributed by atoms with Crippen LogP contribution in [0.3, 0.4) is 0 Å². The van der Waals surface area contributed by atoms with E-state index < -0.39 is 0 Å². The monoisotopic (exact) mass is 235 g/mol. The van der Waals surface area contributed by atoms with Crippen LogP contribution in [0.5, 0.6) is 0 Å². The predicted molar refractivity (Wildman–Crippen MR) is 65.4 cm³/mol. The first-order valence-electron chi connectivity index (χ1n) is 6.61. The third-order valence-electron chi connectivity index (χ3n) is 3.93. The molecule has 94 valence electrons. The molecule has 17 heavy (non-hydrogen) atoms. The van der Waals surface area contributed by atoms with Gasteiger partial charge in [-0.3, -0.25) is 4.68 Å². The van der Waals surface area contributed by atoms with Crippen LogP contribution in [-0.4, -0.2) is 45.6 Å². The van der Waals surface area contributed by atoms with Crippen molar-refractivity contribution in [3.8, 4) is 0 Å². The Kier molecular flexibility index (Phi) is 3.11. The number of aromatic nitrogens is 3. The largest absolute Gasteiger partial charge is 0.311 e. The second-order valence-corrected chi connectivity index (χ2v) is 5.36. The average molecular weight is 235 g/mol. The van der Waals surface area contributed by atoms with Crippen molar-refractivity contribution in [2.75, 3.05) is 19.6 Å². The molecular formula is C12H21N5. The lowest BCUT2D eigenvalue weighted by Crippen LogP contribution is -2.27. The highest BCUT2D eigenvalue weighted by Gasteiger charge is 2.33. The van der Waals surface area contributed by atoms with Crippen LogP contribution in [0.4, 0.5) is 0 Å². The van der Waals surface area contributed by atoms with Crippen LogP contribution >= 0.6 is 0 Å². The van der Waals surface area contributed by atoms with Crippen LogP contribution in [-0.2, 0) is 13.6 Å². The molecule has 5 heteroatoms. The Balaban J connectivity index is 1.39. The smallest absolute Gasteiger partial charge is 0.0738 e. The van der Waals surface area contributed by atoms with Crippen molar-refractivity contribution in [1.29, 1.82) is 0 Å². The molecule has 1 aliphatic heterocycles. The second-order valence-electron chi connectivity index (χ2n) is 5.36.